The molecule has 5 heteroatoms. The van der Waals surface area contributed by atoms with Gasteiger partial charge in [-0.3, -0.25) is 4.79 Å². The molecule has 0 aromatic heterocycles. The standard InChI is InChI=1S/C20H36N2O3/c1-2-3-4-5-6-7-8-9-10-11-12-16-19(23)22-18(20(24)25)15-13-14-17-21/h6-7,9-10,18H,2-5,8,11-17,21H2,1H3,(H,22,23)(H,24,25)/b7-6-,10-9-/t18-/m0/s1. The molecule has 0 fully saturated rings. The number of carboxylic acid groups (broad SMARTS) is 1. The lowest BCUT2D eigenvalue weighted by Crippen LogP contribution is -2.40. The Hall–Kier alpha value is -1.62. The van der Waals surface area contributed by atoms with E-state index in [1.165, 1.54) is 19.3 Å². The van der Waals surface area contributed by atoms with Gasteiger partial charge in [0, 0.05) is 6.42 Å². The van der Waals surface area contributed by atoms with E-state index < -0.39 is 12.0 Å². The minimum Gasteiger partial charge on any atom is -0.480 e. The van der Waals surface area contributed by atoms with Crippen molar-refractivity contribution >= 4 is 11.9 Å². The van der Waals surface area contributed by atoms with Crippen molar-refractivity contribution in [3.8, 4) is 0 Å². The molecule has 5 nitrogen and oxygen atoms in total. The lowest BCUT2D eigenvalue weighted by molar-refractivity contribution is -0.142. The van der Waals surface area contributed by atoms with Gasteiger partial charge in [0.1, 0.15) is 6.04 Å². The van der Waals surface area contributed by atoms with Crippen LogP contribution >= 0.6 is 0 Å². The molecular weight excluding hydrogens is 316 g/mol. The minimum atomic E-state index is -0.976. The van der Waals surface area contributed by atoms with Crippen LogP contribution in [0.25, 0.3) is 0 Å². The largest absolute Gasteiger partial charge is 0.480 e. The van der Waals surface area contributed by atoms with Gasteiger partial charge in [-0.2, -0.15) is 0 Å². The number of allylic oxidation sites excluding steroid dienone is 4. The van der Waals surface area contributed by atoms with Gasteiger partial charge in [0.15, 0.2) is 0 Å². The van der Waals surface area contributed by atoms with E-state index in [4.69, 9.17) is 10.8 Å². The number of hydrogen-bond donors (Lipinski definition) is 3. The Balaban J connectivity index is 3.76. The molecule has 0 radical (unpaired) electrons. The summed E-state index contributed by atoms with van der Waals surface area (Å²) in [5.41, 5.74) is 5.40. The average molecular weight is 353 g/mol. The van der Waals surface area contributed by atoms with Gasteiger partial charge in [0.2, 0.25) is 5.91 Å². The number of hydrogen-bond acceptors (Lipinski definition) is 3. The van der Waals surface area contributed by atoms with Crippen LogP contribution in [0.3, 0.4) is 0 Å². The lowest BCUT2D eigenvalue weighted by Gasteiger charge is -2.14. The number of amides is 1. The molecule has 25 heavy (non-hydrogen) atoms. The molecule has 0 aromatic rings. The second-order valence-corrected chi connectivity index (χ2v) is 6.31. The highest BCUT2D eigenvalue weighted by Gasteiger charge is 2.18. The highest BCUT2D eigenvalue weighted by molar-refractivity contribution is 5.83. The number of nitrogens with one attached hydrogen (secondary N) is 1. The number of carboxylic acids is 1. The molecule has 144 valence electrons. The summed E-state index contributed by atoms with van der Waals surface area (Å²) < 4.78 is 0. The number of carbonyl (C=O) groups is 2. The maximum Gasteiger partial charge on any atom is 0.326 e. The Bertz CT molecular complexity index is 406. The van der Waals surface area contributed by atoms with Crippen molar-refractivity contribution in [2.24, 2.45) is 5.73 Å². The van der Waals surface area contributed by atoms with E-state index in [2.05, 4.69) is 36.5 Å². The van der Waals surface area contributed by atoms with Crippen LogP contribution in [0.4, 0.5) is 0 Å². The van der Waals surface area contributed by atoms with Crippen LogP contribution < -0.4 is 11.1 Å². The molecular formula is C20H36N2O3. The Labute approximate surface area is 152 Å². The second kappa shape index (κ2) is 17.2. The molecule has 0 aliphatic heterocycles. The van der Waals surface area contributed by atoms with Crippen molar-refractivity contribution in [3.05, 3.63) is 24.3 Å². The summed E-state index contributed by atoms with van der Waals surface area (Å²) in [7, 11) is 0. The van der Waals surface area contributed by atoms with Gasteiger partial charge in [-0.05, 0) is 57.9 Å². The Morgan fingerprint density at radius 1 is 1.00 bits per heavy atom. The van der Waals surface area contributed by atoms with E-state index in [9.17, 15) is 9.59 Å². The molecule has 0 aliphatic carbocycles. The van der Waals surface area contributed by atoms with Crippen LogP contribution in [0.1, 0.15) is 77.6 Å². The second-order valence-electron chi connectivity index (χ2n) is 6.31. The molecule has 0 heterocycles. The lowest BCUT2D eigenvalue weighted by atomic mass is 10.1. The van der Waals surface area contributed by atoms with Crippen molar-refractivity contribution in [1.82, 2.24) is 5.32 Å². The topological polar surface area (TPSA) is 92.4 Å². The number of carbonyl (C=O) groups excluding carboxylic acids is 1. The van der Waals surface area contributed by atoms with E-state index in [1.807, 2.05) is 0 Å². The summed E-state index contributed by atoms with van der Waals surface area (Å²) in [6.45, 7) is 2.75. The smallest absolute Gasteiger partial charge is 0.326 e. The summed E-state index contributed by atoms with van der Waals surface area (Å²) in [6.07, 6.45) is 18.3. The summed E-state index contributed by atoms with van der Waals surface area (Å²) in [5.74, 6) is -1.17. The van der Waals surface area contributed by atoms with Gasteiger partial charge in [-0.15, -0.1) is 0 Å². The van der Waals surface area contributed by atoms with Gasteiger partial charge in [-0.1, -0.05) is 44.1 Å². The number of aliphatic carboxylic acids is 1. The Kier molecular flexibility index (Phi) is 16.1. The third-order valence-electron chi connectivity index (χ3n) is 3.93. The third-order valence-corrected chi connectivity index (χ3v) is 3.93. The van der Waals surface area contributed by atoms with Gasteiger partial charge in [0.25, 0.3) is 0 Å². The fraction of sp³-hybridized carbons (Fsp3) is 0.700. The molecule has 0 unspecified atom stereocenters. The quantitative estimate of drug-likeness (QED) is 0.290. The average Bonchev–Trinajstić information content (AvgIpc) is 2.58. The highest BCUT2D eigenvalue weighted by Crippen LogP contribution is 2.04. The molecule has 1 amide bonds. The van der Waals surface area contributed by atoms with E-state index in [1.54, 1.807) is 0 Å². The van der Waals surface area contributed by atoms with E-state index >= 15 is 0 Å². The van der Waals surface area contributed by atoms with Crippen LogP contribution in [-0.2, 0) is 9.59 Å². The molecule has 0 saturated carbocycles. The molecule has 0 aromatic carbocycles. The molecule has 0 spiro atoms. The first-order valence-corrected chi connectivity index (χ1v) is 9.64. The van der Waals surface area contributed by atoms with Crippen LogP contribution in [0, 0.1) is 0 Å². The zero-order chi connectivity index (χ0) is 18.8. The van der Waals surface area contributed by atoms with Crippen molar-refractivity contribution in [1.29, 1.82) is 0 Å². The molecule has 0 saturated heterocycles. The maximum absolute atomic E-state index is 11.8. The number of unbranched alkanes of at least 4 members (excludes halogenated alkanes) is 5. The SMILES string of the molecule is CCCCC/C=C\C/C=C\CCCC(=O)N[C@@H](CCCCN)C(=O)O. The van der Waals surface area contributed by atoms with Crippen molar-refractivity contribution < 1.29 is 14.7 Å². The molecule has 1 atom stereocenters. The molecule has 4 N–H and O–H groups in total. The van der Waals surface area contributed by atoms with Crippen LogP contribution in [0.2, 0.25) is 0 Å². The molecule has 0 rings (SSSR count). The fourth-order valence-corrected chi connectivity index (χ4v) is 2.42. The van der Waals surface area contributed by atoms with Gasteiger partial charge < -0.3 is 16.2 Å². The van der Waals surface area contributed by atoms with Gasteiger partial charge >= 0.3 is 5.97 Å². The first-order valence-electron chi connectivity index (χ1n) is 9.64. The normalized spacial score (nSPS) is 12.7. The summed E-state index contributed by atoms with van der Waals surface area (Å²) in [4.78, 5) is 22.9. The van der Waals surface area contributed by atoms with Crippen LogP contribution in [-0.4, -0.2) is 29.6 Å². The predicted octanol–water partition coefficient (Wildman–Crippen LogP) is 3.94. The van der Waals surface area contributed by atoms with Gasteiger partial charge in [0.05, 0.1) is 0 Å². The van der Waals surface area contributed by atoms with Crippen molar-refractivity contribution in [2.75, 3.05) is 6.54 Å². The monoisotopic (exact) mass is 352 g/mol. The molecule has 0 bridgehead atoms. The van der Waals surface area contributed by atoms with Crippen LogP contribution in [0.5, 0.6) is 0 Å². The van der Waals surface area contributed by atoms with Crippen molar-refractivity contribution in [3.63, 3.8) is 0 Å². The fourth-order valence-electron chi connectivity index (χ4n) is 2.42. The van der Waals surface area contributed by atoms with Gasteiger partial charge in [-0.25, -0.2) is 4.79 Å². The molecule has 0 aliphatic rings. The highest BCUT2D eigenvalue weighted by atomic mass is 16.4. The predicted molar refractivity (Wildman–Crippen MR) is 103 cm³/mol. The third kappa shape index (κ3) is 15.6. The summed E-state index contributed by atoms with van der Waals surface area (Å²) in [5, 5.41) is 11.7. The van der Waals surface area contributed by atoms with E-state index in [-0.39, 0.29) is 5.91 Å². The number of nitrogens with two attached hydrogens (primary N) is 1. The summed E-state index contributed by atoms with van der Waals surface area (Å²) in [6, 6.07) is -0.799. The van der Waals surface area contributed by atoms with E-state index in [0.29, 0.717) is 25.8 Å². The van der Waals surface area contributed by atoms with Crippen LogP contribution in [0.15, 0.2) is 24.3 Å². The van der Waals surface area contributed by atoms with Crippen molar-refractivity contribution in [2.45, 2.75) is 83.6 Å². The first kappa shape index (κ1) is 23.4. The minimum absolute atomic E-state index is 0.190. The zero-order valence-electron chi connectivity index (χ0n) is 15.7. The van der Waals surface area contributed by atoms with E-state index in [0.717, 1.165) is 32.1 Å². The number of rotatable bonds is 16. The Morgan fingerprint density at radius 3 is 2.28 bits per heavy atom. The Morgan fingerprint density at radius 2 is 1.68 bits per heavy atom. The first-order chi connectivity index (χ1) is 12.1. The maximum atomic E-state index is 11.8. The summed E-state index contributed by atoms with van der Waals surface area (Å²) >= 11 is 0. The zero-order valence-corrected chi connectivity index (χ0v) is 15.7.